The van der Waals surface area contributed by atoms with Crippen LogP contribution in [0.15, 0.2) is 70.8 Å². The van der Waals surface area contributed by atoms with Gasteiger partial charge in [-0.3, -0.25) is 0 Å². The average Bonchev–Trinajstić information content (AvgIpc) is 3.66. The van der Waals surface area contributed by atoms with Gasteiger partial charge in [-0.25, -0.2) is 18.1 Å². The van der Waals surface area contributed by atoms with Crippen molar-refractivity contribution in [1.82, 2.24) is 34.1 Å². The lowest BCUT2D eigenvalue weighted by Crippen LogP contribution is -2.36. The molecule has 0 bridgehead atoms. The van der Waals surface area contributed by atoms with Gasteiger partial charge in [-0.2, -0.15) is 19.3 Å². The van der Waals surface area contributed by atoms with Crippen molar-refractivity contribution in [1.29, 1.82) is 0 Å². The summed E-state index contributed by atoms with van der Waals surface area (Å²) in [5.74, 6) is 0.795. The van der Waals surface area contributed by atoms with Crippen molar-refractivity contribution in [3.63, 3.8) is 0 Å². The first-order chi connectivity index (χ1) is 17.4. The smallest absolute Gasteiger partial charge is 0.226 e. The molecule has 0 N–H and O–H groups in total. The lowest BCUT2D eigenvalue weighted by atomic mass is 9.73. The summed E-state index contributed by atoms with van der Waals surface area (Å²) in [7, 11) is -2.14. The van der Waals surface area contributed by atoms with E-state index in [2.05, 4.69) is 51.5 Å². The molecule has 0 radical (unpaired) electrons. The summed E-state index contributed by atoms with van der Waals surface area (Å²) < 4.78 is 30.3. The lowest BCUT2D eigenvalue weighted by Gasteiger charge is -2.32. The van der Waals surface area contributed by atoms with E-state index in [4.69, 9.17) is 0 Å². The first-order valence-corrected chi connectivity index (χ1v) is 14.0. The molecular weight excluding hydrogens is 494 g/mol. The van der Waals surface area contributed by atoms with Crippen LogP contribution in [0.1, 0.15) is 23.1 Å². The van der Waals surface area contributed by atoms with Crippen molar-refractivity contribution < 1.29 is 8.42 Å². The Morgan fingerprint density at radius 2 is 1.94 bits per heavy atom. The highest BCUT2D eigenvalue weighted by Gasteiger charge is 2.45. The fourth-order valence-corrected chi connectivity index (χ4v) is 7.23. The van der Waals surface area contributed by atoms with E-state index in [0.717, 1.165) is 34.3 Å². The number of benzene rings is 2. The van der Waals surface area contributed by atoms with Gasteiger partial charge in [0.2, 0.25) is 5.03 Å². The Morgan fingerprint density at radius 3 is 2.67 bits per heavy atom. The van der Waals surface area contributed by atoms with Gasteiger partial charge in [-0.15, -0.1) is 16.4 Å². The summed E-state index contributed by atoms with van der Waals surface area (Å²) in [6.07, 6.45) is 4.61. The highest BCUT2D eigenvalue weighted by molar-refractivity contribution is 7.89. The molecule has 0 saturated carbocycles. The largest absolute Gasteiger partial charge is 0.264 e. The van der Waals surface area contributed by atoms with E-state index in [9.17, 15) is 8.42 Å². The van der Waals surface area contributed by atoms with Crippen LogP contribution < -0.4 is 0 Å². The van der Waals surface area contributed by atoms with Crippen LogP contribution in [0.5, 0.6) is 0 Å². The maximum atomic E-state index is 13.4. The molecule has 4 heterocycles. The number of hydrogen-bond donors (Lipinski definition) is 0. The number of aromatic nitrogens is 6. The SMILES string of the molecule is Cc1cc2c(cnn2-c2cscn2)cc1C1(Cc2ccccc2)CCN(S(=O)(=O)c2cnn(C)n2)C1. The number of nitrogens with zero attached hydrogens (tertiary/aromatic N) is 7. The van der Waals surface area contributed by atoms with Gasteiger partial charge >= 0.3 is 0 Å². The van der Waals surface area contributed by atoms with Crippen LogP contribution in [-0.4, -0.2) is 55.6 Å². The van der Waals surface area contributed by atoms with Gasteiger partial charge in [0.1, 0.15) is 0 Å². The van der Waals surface area contributed by atoms with Crippen molar-refractivity contribution in [3.8, 4) is 5.82 Å². The molecule has 184 valence electrons. The second-order valence-electron chi connectivity index (χ2n) is 9.33. The zero-order chi connectivity index (χ0) is 24.9. The summed E-state index contributed by atoms with van der Waals surface area (Å²) in [6, 6.07) is 14.6. The van der Waals surface area contributed by atoms with Crippen LogP contribution in [0.2, 0.25) is 0 Å². The molecule has 1 aliphatic rings. The number of fused-ring (bicyclic) bond motifs is 1. The third-order valence-electron chi connectivity index (χ3n) is 7.01. The number of aryl methyl sites for hydroxylation is 2. The van der Waals surface area contributed by atoms with Crippen molar-refractivity contribution in [2.45, 2.75) is 30.2 Å². The van der Waals surface area contributed by atoms with Crippen LogP contribution >= 0.6 is 11.3 Å². The minimum Gasteiger partial charge on any atom is -0.226 e. The molecule has 1 atom stereocenters. The zero-order valence-electron chi connectivity index (χ0n) is 19.9. The molecule has 1 saturated heterocycles. The Kier molecular flexibility index (Phi) is 5.51. The van der Waals surface area contributed by atoms with Gasteiger partial charge in [0.25, 0.3) is 10.0 Å². The molecule has 1 unspecified atom stereocenters. The van der Waals surface area contributed by atoms with Gasteiger partial charge < -0.3 is 0 Å². The maximum Gasteiger partial charge on any atom is 0.264 e. The third-order valence-corrected chi connectivity index (χ3v) is 9.29. The van der Waals surface area contributed by atoms with Crippen LogP contribution in [0, 0.1) is 6.92 Å². The first kappa shape index (κ1) is 23.0. The molecule has 5 aromatic rings. The predicted molar refractivity (Wildman–Crippen MR) is 138 cm³/mol. The van der Waals surface area contributed by atoms with Crippen molar-refractivity contribution in [2.75, 3.05) is 13.1 Å². The first-order valence-electron chi connectivity index (χ1n) is 11.6. The highest BCUT2D eigenvalue weighted by Crippen LogP contribution is 2.42. The van der Waals surface area contributed by atoms with Crippen molar-refractivity contribution in [2.24, 2.45) is 7.05 Å². The van der Waals surface area contributed by atoms with Gasteiger partial charge in [0, 0.05) is 36.3 Å². The van der Waals surface area contributed by atoms with Crippen LogP contribution in [0.4, 0.5) is 0 Å². The van der Waals surface area contributed by atoms with Crippen molar-refractivity contribution in [3.05, 3.63) is 82.4 Å². The normalized spacial score (nSPS) is 18.8. The van der Waals surface area contributed by atoms with Gasteiger partial charge in [0.05, 0.1) is 23.4 Å². The zero-order valence-corrected chi connectivity index (χ0v) is 21.6. The predicted octanol–water partition coefficient (Wildman–Crippen LogP) is 3.49. The van der Waals surface area contributed by atoms with E-state index >= 15 is 0 Å². The molecule has 1 fully saturated rings. The van der Waals surface area contributed by atoms with E-state index in [1.54, 1.807) is 16.9 Å². The number of hydrogen-bond acceptors (Lipinski definition) is 7. The molecule has 6 rings (SSSR count). The number of rotatable bonds is 6. The second kappa shape index (κ2) is 8.61. The van der Waals surface area contributed by atoms with Crippen LogP contribution in [0.3, 0.4) is 0 Å². The van der Waals surface area contributed by atoms with Crippen LogP contribution in [0.25, 0.3) is 16.7 Å². The average molecular weight is 520 g/mol. The molecule has 1 aliphatic heterocycles. The van der Waals surface area contributed by atoms with Gasteiger partial charge in [0.15, 0.2) is 5.82 Å². The monoisotopic (exact) mass is 519 g/mol. The molecular formula is C25H25N7O2S2. The Bertz CT molecular complexity index is 1640. The van der Waals surface area contributed by atoms with E-state index in [1.807, 2.05) is 34.5 Å². The minimum absolute atomic E-state index is 0.0165. The summed E-state index contributed by atoms with van der Waals surface area (Å²) >= 11 is 1.53. The molecule has 11 heteroatoms. The Hall–Kier alpha value is -3.41. The topological polar surface area (TPSA) is 98.8 Å². The summed E-state index contributed by atoms with van der Waals surface area (Å²) in [5.41, 5.74) is 5.82. The molecule has 3 aromatic heterocycles. The summed E-state index contributed by atoms with van der Waals surface area (Å²) in [6.45, 7) is 2.88. The number of sulfonamides is 1. The fraction of sp³-hybridized carbons (Fsp3) is 0.280. The molecule has 2 aromatic carbocycles. The Balaban J connectivity index is 1.45. The minimum atomic E-state index is -3.75. The third kappa shape index (κ3) is 3.83. The van der Waals surface area contributed by atoms with Gasteiger partial charge in [-0.1, -0.05) is 30.3 Å². The Labute approximate surface area is 213 Å². The molecule has 0 spiro atoms. The van der Waals surface area contributed by atoms with Gasteiger partial charge in [-0.05, 0) is 48.6 Å². The summed E-state index contributed by atoms with van der Waals surface area (Å²) in [5, 5.41) is 15.6. The van der Waals surface area contributed by atoms with E-state index < -0.39 is 15.4 Å². The Morgan fingerprint density at radius 1 is 1.11 bits per heavy atom. The second-order valence-corrected chi connectivity index (χ2v) is 11.9. The quantitative estimate of drug-likeness (QED) is 0.341. The molecule has 9 nitrogen and oxygen atoms in total. The van der Waals surface area contributed by atoms with E-state index in [1.165, 1.54) is 27.9 Å². The summed E-state index contributed by atoms with van der Waals surface area (Å²) in [4.78, 5) is 5.68. The highest BCUT2D eigenvalue weighted by atomic mass is 32.2. The van der Waals surface area contributed by atoms with Crippen molar-refractivity contribution >= 4 is 32.3 Å². The number of thiazole rings is 1. The van der Waals surface area contributed by atoms with E-state index in [-0.39, 0.29) is 5.03 Å². The maximum absolute atomic E-state index is 13.4. The van der Waals surface area contributed by atoms with E-state index in [0.29, 0.717) is 19.5 Å². The molecule has 36 heavy (non-hydrogen) atoms. The standard InChI is InChI=1S/C25H25N7O2S2/c1-18-10-22-20(13-28-32(22)23-15-35-17-26-23)11-21(18)25(12-19-6-4-3-5-7-19)8-9-31(16-25)36(33,34)24-14-27-30(2)29-24/h3-7,10-11,13-15,17H,8-9,12,16H2,1-2H3. The van der Waals surface area contributed by atoms with Crippen LogP contribution in [-0.2, 0) is 28.9 Å². The molecule has 0 amide bonds. The lowest BCUT2D eigenvalue weighted by molar-refractivity contribution is 0.412. The molecule has 0 aliphatic carbocycles. The fourth-order valence-electron chi connectivity index (χ4n) is 5.31.